The number of fused-ring (bicyclic) bond motifs is 5. The molecule has 3 saturated heterocycles. The fraction of sp³-hybridized carbons (Fsp3) is 0.568. The van der Waals surface area contributed by atoms with Gasteiger partial charge in [0.1, 0.15) is 35.4 Å². The zero-order valence-corrected chi connectivity index (χ0v) is 31.1. The van der Waals surface area contributed by atoms with Crippen LogP contribution < -0.4 is 10.6 Å². The van der Waals surface area contributed by atoms with Gasteiger partial charge in [-0.25, -0.2) is 0 Å². The highest BCUT2D eigenvalue weighted by molar-refractivity contribution is 14.1. The molecule has 3 heterocycles. The molecule has 5 aliphatic rings. The average molecular weight is 818 g/mol. The summed E-state index contributed by atoms with van der Waals surface area (Å²) in [6.07, 6.45) is -1.55. The number of nitrogens with zero attached hydrogens (tertiary/aromatic N) is 1. The molecule has 0 radical (unpaired) electrons. The van der Waals surface area contributed by atoms with Crippen molar-refractivity contribution in [2.45, 2.75) is 114 Å². The molecule has 2 aromatic carbocycles. The lowest BCUT2D eigenvalue weighted by molar-refractivity contribution is -0.217. The van der Waals surface area contributed by atoms with E-state index in [0.717, 1.165) is 20.3 Å². The van der Waals surface area contributed by atoms with Gasteiger partial charge in [0.25, 0.3) is 0 Å². The largest absolute Gasteiger partial charge is 0.460 e. The van der Waals surface area contributed by atoms with Crippen molar-refractivity contribution in [3.8, 4) is 0 Å². The fourth-order valence-electron chi connectivity index (χ4n) is 8.18. The number of nitrogens with one attached hydrogen (secondary N) is 2. The summed E-state index contributed by atoms with van der Waals surface area (Å²) in [5.74, 6) is -2.79. The molecule has 1 saturated carbocycles. The maximum atomic E-state index is 14.5. The van der Waals surface area contributed by atoms with E-state index in [4.69, 9.17) is 23.8 Å². The minimum absolute atomic E-state index is 0.0299. The van der Waals surface area contributed by atoms with Crippen LogP contribution in [0.3, 0.4) is 0 Å². The molecule has 1 spiro atoms. The number of carbonyl (C=O) groups is 4. The van der Waals surface area contributed by atoms with Crippen molar-refractivity contribution in [2.24, 2.45) is 5.41 Å². The van der Waals surface area contributed by atoms with Crippen LogP contribution in [0.25, 0.3) is 0 Å². The predicted octanol–water partition coefficient (Wildman–Crippen LogP) is 2.48. The highest BCUT2D eigenvalue weighted by atomic mass is 127. The molecule has 0 unspecified atom stereocenters. The van der Waals surface area contributed by atoms with Gasteiger partial charge in [0.2, 0.25) is 11.8 Å². The first-order chi connectivity index (χ1) is 24.3. The summed E-state index contributed by atoms with van der Waals surface area (Å²) in [5.41, 5.74) is 1.14. The first kappa shape index (κ1) is 36.2. The van der Waals surface area contributed by atoms with Gasteiger partial charge in [-0.05, 0) is 78.6 Å². The van der Waals surface area contributed by atoms with Gasteiger partial charge in [-0.1, -0.05) is 36.4 Å². The van der Waals surface area contributed by atoms with Gasteiger partial charge in [0, 0.05) is 42.2 Å². The van der Waals surface area contributed by atoms with Crippen molar-refractivity contribution in [1.82, 2.24) is 15.7 Å². The van der Waals surface area contributed by atoms with Crippen molar-refractivity contribution in [2.75, 3.05) is 13.2 Å². The van der Waals surface area contributed by atoms with Crippen LogP contribution in [0.2, 0.25) is 0 Å². The van der Waals surface area contributed by atoms with Gasteiger partial charge in [0.05, 0.1) is 19.2 Å². The van der Waals surface area contributed by atoms with E-state index in [1.165, 1.54) is 0 Å². The lowest BCUT2D eigenvalue weighted by Gasteiger charge is -2.48. The number of rotatable bonds is 11. The van der Waals surface area contributed by atoms with E-state index in [9.17, 15) is 24.3 Å². The maximum Gasteiger partial charge on any atom is 0.327 e. The molecular weight excluding hydrogens is 773 g/mol. The molecule has 7 atom stereocenters. The lowest BCUT2D eigenvalue weighted by Crippen LogP contribution is -2.69. The maximum absolute atomic E-state index is 14.5. The highest BCUT2D eigenvalue weighted by Gasteiger charge is 2.76. The summed E-state index contributed by atoms with van der Waals surface area (Å²) >= 11 is 2.23. The number of halogens is 1. The second kappa shape index (κ2) is 14.0. The van der Waals surface area contributed by atoms with Gasteiger partial charge in [0.15, 0.2) is 11.8 Å². The quantitative estimate of drug-likeness (QED) is 0.226. The molecule has 2 aromatic rings. The highest BCUT2D eigenvalue weighted by Crippen LogP contribution is 2.58. The monoisotopic (exact) mass is 817 g/mol. The molecular formula is C37H44IN3O10. The molecule has 51 heavy (non-hydrogen) atoms. The second-order valence-electron chi connectivity index (χ2n) is 15.1. The lowest BCUT2D eigenvalue weighted by atomic mass is 9.62. The molecule has 2 aliphatic carbocycles. The van der Waals surface area contributed by atoms with Crippen LogP contribution in [0.15, 0.2) is 48.5 Å². The van der Waals surface area contributed by atoms with Gasteiger partial charge >= 0.3 is 11.9 Å². The number of hydrogen-bond acceptors (Lipinski definition) is 11. The third-order valence-electron chi connectivity index (χ3n) is 10.3. The summed E-state index contributed by atoms with van der Waals surface area (Å²) < 4.78 is 25.9. The number of aliphatic hydroxyl groups is 1. The Hall–Kier alpha value is -3.15. The minimum Gasteiger partial charge on any atom is -0.460 e. The number of ether oxygens (including phenoxy) is 4. The number of carbonyl (C=O) groups excluding carboxylic acids is 4. The van der Waals surface area contributed by atoms with Crippen LogP contribution in [0.4, 0.5) is 0 Å². The molecule has 2 amide bonds. The van der Waals surface area contributed by atoms with Gasteiger partial charge in [-0.15, -0.1) is 0 Å². The zero-order valence-electron chi connectivity index (χ0n) is 28.9. The molecule has 13 nitrogen and oxygen atoms in total. The first-order valence-corrected chi connectivity index (χ1v) is 18.6. The number of benzene rings is 2. The smallest absolute Gasteiger partial charge is 0.327 e. The number of aliphatic hydroxyl groups excluding tert-OH is 1. The van der Waals surface area contributed by atoms with Crippen LogP contribution in [0, 0.1) is 8.99 Å². The van der Waals surface area contributed by atoms with Gasteiger partial charge in [-0.3, -0.25) is 24.0 Å². The number of esters is 2. The van der Waals surface area contributed by atoms with Crippen LogP contribution in [0.1, 0.15) is 63.1 Å². The van der Waals surface area contributed by atoms with Crippen LogP contribution in [-0.2, 0) is 62.3 Å². The van der Waals surface area contributed by atoms with E-state index >= 15 is 0 Å². The summed E-state index contributed by atoms with van der Waals surface area (Å²) in [6.45, 7) is 5.15. The standard InChI is InChI=1S/C37H44IN3O10/c1-35(2,3)48-28(44)13-12-25(20-42)40-27(43)14-15-39-34(46)37-18-26-29-30(50-36(49-29)16-22-6-4-5-7-23(22)17-36)32(37)51-41(31(37)33(45)47-26)19-21-8-10-24(38)11-9-21/h4-11,25-26,29-32,42H,12-20H2,1-3H3,(H,39,46)(H,40,43)/t25-,26+,29-,30-,31-,32+,37-/m0/s1. The van der Waals surface area contributed by atoms with E-state index in [2.05, 4.69) is 45.4 Å². The topological polar surface area (TPSA) is 162 Å². The average Bonchev–Trinajstić information content (AvgIpc) is 3.74. The second-order valence-corrected chi connectivity index (χ2v) is 16.4. The van der Waals surface area contributed by atoms with E-state index in [1.54, 1.807) is 25.8 Å². The Morgan fingerprint density at radius 1 is 1.04 bits per heavy atom. The Morgan fingerprint density at radius 3 is 2.39 bits per heavy atom. The van der Waals surface area contributed by atoms with Gasteiger partial charge < -0.3 is 34.7 Å². The van der Waals surface area contributed by atoms with Crippen LogP contribution >= 0.6 is 22.6 Å². The van der Waals surface area contributed by atoms with Crippen molar-refractivity contribution < 1.29 is 48.1 Å². The molecule has 3 aliphatic heterocycles. The summed E-state index contributed by atoms with van der Waals surface area (Å²) in [5, 5.41) is 17.0. The normalized spacial score (nSPS) is 29.2. The zero-order chi connectivity index (χ0) is 36.1. The summed E-state index contributed by atoms with van der Waals surface area (Å²) in [4.78, 5) is 60.0. The minimum atomic E-state index is -1.37. The molecule has 274 valence electrons. The number of hydroxylamine groups is 2. The first-order valence-electron chi connectivity index (χ1n) is 17.5. The Bertz CT molecular complexity index is 1660. The molecule has 3 N–H and O–H groups in total. The van der Waals surface area contributed by atoms with Crippen molar-refractivity contribution in [1.29, 1.82) is 0 Å². The Kier molecular flexibility index (Phi) is 9.95. The van der Waals surface area contributed by atoms with Gasteiger partial charge in [-0.2, -0.15) is 5.06 Å². The van der Waals surface area contributed by atoms with Crippen LogP contribution in [0.5, 0.6) is 0 Å². The van der Waals surface area contributed by atoms with E-state index in [0.29, 0.717) is 12.8 Å². The molecule has 7 rings (SSSR count). The number of amides is 2. The third-order valence-corrected chi connectivity index (χ3v) is 11.0. The molecule has 0 aromatic heterocycles. The number of hydrogen-bond donors (Lipinski definition) is 3. The van der Waals surface area contributed by atoms with Crippen molar-refractivity contribution >= 4 is 46.3 Å². The predicted molar refractivity (Wildman–Crippen MR) is 188 cm³/mol. The molecule has 2 bridgehead atoms. The van der Waals surface area contributed by atoms with Crippen molar-refractivity contribution in [3.05, 3.63) is 68.8 Å². The van der Waals surface area contributed by atoms with Crippen LogP contribution in [-0.4, -0.2) is 95.0 Å². The molecule has 4 fully saturated rings. The third kappa shape index (κ3) is 7.14. The fourth-order valence-corrected chi connectivity index (χ4v) is 8.54. The summed E-state index contributed by atoms with van der Waals surface area (Å²) in [7, 11) is 0. The molecule has 14 heteroatoms. The SMILES string of the molecule is CC(C)(C)OC(=O)CC[C@@H](CO)NC(=O)CCNC(=O)[C@@]12C[C@H]3OC(=O)[C@@H]1N(Cc1ccc(I)cc1)O[C@@H]2[C@H]1OC2(Cc4ccccc4C2)O[C@H]13. The van der Waals surface area contributed by atoms with E-state index < -0.39 is 77.1 Å². The Balaban J connectivity index is 1.07. The Morgan fingerprint density at radius 2 is 1.73 bits per heavy atom. The summed E-state index contributed by atoms with van der Waals surface area (Å²) in [6, 6.07) is 14.2. The van der Waals surface area contributed by atoms with E-state index in [-0.39, 0.29) is 45.4 Å². The Labute approximate surface area is 310 Å². The van der Waals surface area contributed by atoms with Crippen molar-refractivity contribution in [3.63, 3.8) is 0 Å². The van der Waals surface area contributed by atoms with E-state index in [1.807, 2.05) is 36.4 Å².